The maximum absolute atomic E-state index is 13.6. The summed E-state index contributed by atoms with van der Waals surface area (Å²) in [7, 11) is 1.64. The summed E-state index contributed by atoms with van der Waals surface area (Å²) in [5.74, 6) is 0.330. The molecule has 0 atom stereocenters. The summed E-state index contributed by atoms with van der Waals surface area (Å²) < 4.78 is 34.1. The van der Waals surface area contributed by atoms with Crippen molar-refractivity contribution in [3.8, 4) is 0 Å². The van der Waals surface area contributed by atoms with Crippen molar-refractivity contribution in [1.82, 2.24) is 9.55 Å². The molecule has 0 aliphatic heterocycles. The van der Waals surface area contributed by atoms with Gasteiger partial charge in [0.05, 0.1) is 11.0 Å². The highest BCUT2D eigenvalue weighted by molar-refractivity contribution is 6.47. The van der Waals surface area contributed by atoms with Gasteiger partial charge in [0, 0.05) is 28.8 Å². The fraction of sp³-hybridized carbons (Fsp3) is 0.389. The molecular formula is C18H20BF2N2O. The van der Waals surface area contributed by atoms with Gasteiger partial charge >= 0.3 is 14.0 Å². The number of aromatic nitrogens is 2. The average molecular weight is 329 g/mol. The predicted octanol–water partition coefficient (Wildman–Crippen LogP) is 4.28. The molecule has 3 rings (SSSR count). The lowest BCUT2D eigenvalue weighted by Gasteiger charge is -2.30. The molecule has 0 aliphatic rings. The van der Waals surface area contributed by atoms with E-state index in [0.29, 0.717) is 17.0 Å². The highest BCUT2D eigenvalue weighted by atomic mass is 19.3. The van der Waals surface area contributed by atoms with Gasteiger partial charge in [0.15, 0.2) is 0 Å². The minimum absolute atomic E-state index is 0.325. The number of hydrogen-bond donors (Lipinski definition) is 0. The number of hydrogen-bond acceptors (Lipinski definition) is 2. The monoisotopic (exact) mass is 329 g/mol. The quantitative estimate of drug-likeness (QED) is 0.653. The van der Waals surface area contributed by atoms with Crippen molar-refractivity contribution < 1.29 is 13.4 Å². The van der Waals surface area contributed by atoms with Crippen LogP contribution in [0.5, 0.6) is 0 Å². The Morgan fingerprint density at radius 2 is 1.88 bits per heavy atom. The SMILES string of the molecule is CC(C)C(C)(C)O[B]c1ccc2c3cnccc3n(C(F)F)c2c1. The minimum atomic E-state index is -2.62. The fourth-order valence-corrected chi connectivity index (χ4v) is 2.55. The third kappa shape index (κ3) is 2.91. The molecule has 0 aliphatic carbocycles. The van der Waals surface area contributed by atoms with Crippen molar-refractivity contribution in [1.29, 1.82) is 0 Å². The molecule has 2 aromatic heterocycles. The Balaban J connectivity index is 2.05. The van der Waals surface area contributed by atoms with Gasteiger partial charge < -0.3 is 4.65 Å². The molecule has 0 fully saturated rings. The van der Waals surface area contributed by atoms with Crippen LogP contribution in [-0.2, 0) is 4.65 Å². The normalized spacial score (nSPS) is 12.7. The Morgan fingerprint density at radius 3 is 2.54 bits per heavy atom. The molecule has 6 heteroatoms. The summed E-state index contributed by atoms with van der Waals surface area (Å²) in [4.78, 5) is 4.06. The zero-order valence-electron chi connectivity index (χ0n) is 14.3. The highest BCUT2D eigenvalue weighted by Crippen LogP contribution is 2.31. The Morgan fingerprint density at radius 1 is 1.12 bits per heavy atom. The number of alkyl halides is 2. The van der Waals surface area contributed by atoms with Crippen LogP contribution in [0.15, 0.2) is 36.7 Å². The van der Waals surface area contributed by atoms with Gasteiger partial charge in [-0.15, -0.1) is 0 Å². The van der Waals surface area contributed by atoms with Crippen molar-refractivity contribution in [3.63, 3.8) is 0 Å². The van der Waals surface area contributed by atoms with Crippen molar-refractivity contribution >= 4 is 34.8 Å². The van der Waals surface area contributed by atoms with E-state index in [4.69, 9.17) is 4.65 Å². The number of halogens is 2. The summed E-state index contributed by atoms with van der Waals surface area (Å²) in [5.41, 5.74) is 1.39. The molecule has 0 unspecified atom stereocenters. The first-order chi connectivity index (χ1) is 11.3. The van der Waals surface area contributed by atoms with Crippen molar-refractivity contribution in [2.75, 3.05) is 0 Å². The number of nitrogens with zero attached hydrogens (tertiary/aromatic N) is 2. The maximum atomic E-state index is 13.6. The van der Waals surface area contributed by atoms with Crippen molar-refractivity contribution in [3.05, 3.63) is 36.7 Å². The summed E-state index contributed by atoms with van der Waals surface area (Å²) >= 11 is 0. The summed E-state index contributed by atoms with van der Waals surface area (Å²) in [6, 6.07) is 7.07. The van der Waals surface area contributed by atoms with Gasteiger partial charge in [0.1, 0.15) is 0 Å². The predicted molar refractivity (Wildman–Crippen MR) is 93.9 cm³/mol. The van der Waals surface area contributed by atoms with Gasteiger partial charge in [-0.2, -0.15) is 8.78 Å². The molecule has 0 bridgehead atoms. The topological polar surface area (TPSA) is 27.1 Å². The lowest BCUT2D eigenvalue weighted by Crippen LogP contribution is -2.36. The van der Waals surface area contributed by atoms with Crippen LogP contribution in [-0.4, -0.2) is 22.6 Å². The van der Waals surface area contributed by atoms with Crippen LogP contribution >= 0.6 is 0 Å². The lowest BCUT2D eigenvalue weighted by molar-refractivity contribution is 0.0667. The van der Waals surface area contributed by atoms with E-state index in [0.717, 1.165) is 20.8 Å². The van der Waals surface area contributed by atoms with Crippen molar-refractivity contribution in [2.45, 2.75) is 39.8 Å². The molecule has 24 heavy (non-hydrogen) atoms. The summed E-state index contributed by atoms with van der Waals surface area (Å²) in [6.07, 6.45) is 3.15. The fourth-order valence-electron chi connectivity index (χ4n) is 2.55. The molecule has 1 aromatic carbocycles. The molecule has 3 nitrogen and oxygen atoms in total. The second kappa shape index (κ2) is 6.17. The van der Waals surface area contributed by atoms with Crippen LogP contribution in [0, 0.1) is 5.92 Å². The highest BCUT2D eigenvalue weighted by Gasteiger charge is 2.23. The lowest BCUT2D eigenvalue weighted by atomic mass is 9.84. The van der Waals surface area contributed by atoms with Crippen LogP contribution in [0.1, 0.15) is 34.2 Å². The van der Waals surface area contributed by atoms with Crippen LogP contribution in [0.2, 0.25) is 0 Å². The molecule has 0 saturated carbocycles. The first-order valence-corrected chi connectivity index (χ1v) is 7.98. The van der Waals surface area contributed by atoms with Crippen LogP contribution in [0.3, 0.4) is 0 Å². The summed E-state index contributed by atoms with van der Waals surface area (Å²) in [6.45, 7) is 5.57. The van der Waals surface area contributed by atoms with E-state index in [-0.39, 0.29) is 5.60 Å². The Hall–Kier alpha value is -1.95. The third-order valence-electron chi connectivity index (χ3n) is 4.71. The largest absolute Gasteiger partial charge is 0.429 e. The van der Waals surface area contributed by atoms with E-state index in [1.165, 1.54) is 6.20 Å². The number of benzene rings is 1. The Labute approximate surface area is 140 Å². The van der Waals surface area contributed by atoms with E-state index < -0.39 is 6.55 Å². The van der Waals surface area contributed by atoms with Gasteiger partial charge in [-0.25, -0.2) is 0 Å². The standard InChI is InChI=1S/C18H20BF2N2O/c1-11(2)18(3,4)24-19-12-5-6-13-14-10-22-8-7-15(14)23(17(20)21)16(13)9-12/h5-11,17H,1-4H3. The van der Waals surface area contributed by atoms with Gasteiger partial charge in [0.25, 0.3) is 0 Å². The van der Waals surface area contributed by atoms with E-state index in [2.05, 4.69) is 18.8 Å². The third-order valence-corrected chi connectivity index (χ3v) is 4.71. The molecule has 0 amide bonds. The Bertz CT molecular complexity index is 874. The number of rotatable bonds is 5. The zero-order valence-corrected chi connectivity index (χ0v) is 14.3. The van der Waals surface area contributed by atoms with E-state index >= 15 is 0 Å². The summed E-state index contributed by atoms with van der Waals surface area (Å²) in [5, 5.41) is 1.49. The molecule has 0 saturated heterocycles. The van der Waals surface area contributed by atoms with Crippen LogP contribution in [0.25, 0.3) is 21.8 Å². The van der Waals surface area contributed by atoms with Crippen LogP contribution in [0.4, 0.5) is 8.78 Å². The van der Waals surface area contributed by atoms with E-state index in [1.807, 2.05) is 26.0 Å². The first-order valence-electron chi connectivity index (χ1n) is 7.98. The molecule has 0 N–H and O–H groups in total. The number of fused-ring (bicyclic) bond motifs is 3. The number of pyridine rings is 1. The van der Waals surface area contributed by atoms with Crippen molar-refractivity contribution in [2.24, 2.45) is 5.92 Å². The van der Waals surface area contributed by atoms with Gasteiger partial charge in [-0.3, -0.25) is 9.55 Å². The van der Waals surface area contributed by atoms with Gasteiger partial charge in [-0.1, -0.05) is 31.4 Å². The molecule has 1 radical (unpaired) electrons. The molecule has 0 spiro atoms. The van der Waals surface area contributed by atoms with E-state index in [9.17, 15) is 8.78 Å². The Kier molecular flexibility index (Phi) is 4.34. The molecular weight excluding hydrogens is 309 g/mol. The first kappa shape index (κ1) is 16.9. The van der Waals surface area contributed by atoms with Gasteiger partial charge in [-0.05, 0) is 31.9 Å². The maximum Gasteiger partial charge on any atom is 0.330 e. The molecule has 2 heterocycles. The van der Waals surface area contributed by atoms with Crippen LogP contribution < -0.4 is 5.46 Å². The smallest absolute Gasteiger partial charge is 0.330 e. The molecule has 3 aromatic rings. The minimum Gasteiger partial charge on any atom is -0.429 e. The second-order valence-corrected chi connectivity index (χ2v) is 6.81. The van der Waals surface area contributed by atoms with E-state index in [1.54, 1.807) is 25.8 Å². The average Bonchev–Trinajstić information content (AvgIpc) is 2.86. The van der Waals surface area contributed by atoms with Gasteiger partial charge in [0.2, 0.25) is 0 Å². The zero-order chi connectivity index (χ0) is 17.5. The second-order valence-electron chi connectivity index (χ2n) is 6.81. The molecule has 125 valence electrons.